The van der Waals surface area contributed by atoms with Crippen LogP contribution in [0.15, 0.2) is 109 Å². The topological polar surface area (TPSA) is 108 Å². The average molecular weight is 757 g/mol. The number of phosphoric ester groups is 1. The summed E-state index contributed by atoms with van der Waals surface area (Å²) < 4.78 is 22.8. The van der Waals surface area contributed by atoms with E-state index >= 15 is 0 Å². The maximum absolute atomic E-state index is 12.7. The largest absolute Gasteiger partial charge is 0.756 e. The minimum absolute atomic E-state index is 0.0180. The molecular formula is C44H73N2O6P. The second-order valence-corrected chi connectivity index (χ2v) is 15.3. The number of rotatable bonds is 33. The molecule has 3 unspecified atom stereocenters. The molecule has 0 aromatic heterocycles. The number of phosphoric acid groups is 1. The summed E-state index contributed by atoms with van der Waals surface area (Å²) in [5, 5.41) is 13.4. The zero-order chi connectivity index (χ0) is 39.3. The lowest BCUT2D eigenvalue weighted by atomic mass is 10.1. The van der Waals surface area contributed by atoms with Gasteiger partial charge in [-0.25, -0.2) is 0 Å². The number of aliphatic hydroxyl groups excluding tert-OH is 1. The molecule has 0 fully saturated rings. The lowest BCUT2D eigenvalue weighted by Crippen LogP contribution is -2.45. The summed E-state index contributed by atoms with van der Waals surface area (Å²) in [7, 11) is 1.20. The lowest BCUT2D eigenvalue weighted by molar-refractivity contribution is -0.870. The lowest BCUT2D eigenvalue weighted by Gasteiger charge is -2.29. The van der Waals surface area contributed by atoms with Crippen LogP contribution < -0.4 is 10.2 Å². The minimum Gasteiger partial charge on any atom is -0.756 e. The Bertz CT molecular complexity index is 1220. The van der Waals surface area contributed by atoms with Crippen molar-refractivity contribution in [3.8, 4) is 0 Å². The highest BCUT2D eigenvalue weighted by atomic mass is 31.2. The van der Waals surface area contributed by atoms with Gasteiger partial charge >= 0.3 is 0 Å². The van der Waals surface area contributed by atoms with Gasteiger partial charge in [0.2, 0.25) is 5.91 Å². The van der Waals surface area contributed by atoms with E-state index in [1.165, 1.54) is 0 Å². The predicted molar refractivity (Wildman–Crippen MR) is 223 cm³/mol. The summed E-state index contributed by atoms with van der Waals surface area (Å²) in [5.74, 6) is -0.257. The number of carbonyl (C=O) groups is 1. The first kappa shape index (κ1) is 50.2. The summed E-state index contributed by atoms with van der Waals surface area (Å²) in [5.41, 5.74) is 0. The van der Waals surface area contributed by atoms with Crippen molar-refractivity contribution in [1.29, 1.82) is 0 Å². The first-order chi connectivity index (χ1) is 25.5. The standard InChI is InChI=1S/C44H73N2O6P/c1-6-8-10-12-13-14-15-16-17-18-19-20-21-22-23-24-25-26-27-28-29-30-31-32-33-34-36-38-44(48)45-42(43(47)37-35-11-9-7-2)41-52-53(49,50)51-40-39-46(3,4)5/h8,10,13-14,16-17,19-20,22-23,25-26,28-29,31-32,35,37,42-43,47H,6-7,9,11-12,15,18,21,24,27,30,33-34,36,38-41H2,1-5H3,(H-,45,48,49,50)/b10-8-,14-13-,17-16-,20-19-,23-22-,26-25-,29-28-,32-31-,37-35+. The van der Waals surface area contributed by atoms with E-state index in [2.05, 4.69) is 116 Å². The Kier molecular flexibility index (Phi) is 33.0. The molecular weight excluding hydrogens is 683 g/mol. The smallest absolute Gasteiger partial charge is 0.268 e. The Morgan fingerprint density at radius 1 is 0.679 bits per heavy atom. The Labute approximate surface area is 323 Å². The molecule has 0 rings (SSSR count). The second kappa shape index (κ2) is 34.9. The molecule has 2 N–H and O–H groups in total. The number of aliphatic hydroxyl groups is 1. The van der Waals surface area contributed by atoms with Crippen molar-refractivity contribution in [2.24, 2.45) is 0 Å². The molecule has 0 spiro atoms. The SMILES string of the molecule is CC/C=C\C/C=C\C/C=C\C/C=C\C/C=C\C/C=C\C/C=C\C/C=C\CCCCC(=O)NC(COP(=O)([O-])OCC[N+](C)(C)C)C(O)/C=C/CCCC. The van der Waals surface area contributed by atoms with Crippen molar-refractivity contribution in [3.63, 3.8) is 0 Å². The van der Waals surface area contributed by atoms with Crippen molar-refractivity contribution in [2.45, 2.75) is 122 Å². The molecule has 0 saturated heterocycles. The monoisotopic (exact) mass is 757 g/mol. The number of carbonyl (C=O) groups excluding carboxylic acids is 1. The number of hydrogen-bond acceptors (Lipinski definition) is 6. The molecule has 0 aromatic rings. The van der Waals surface area contributed by atoms with Crippen LogP contribution in [0, 0.1) is 0 Å². The normalized spacial score (nSPS) is 15.7. The molecule has 9 heteroatoms. The first-order valence-corrected chi connectivity index (χ1v) is 21.2. The van der Waals surface area contributed by atoms with Crippen molar-refractivity contribution in [1.82, 2.24) is 5.32 Å². The van der Waals surface area contributed by atoms with Gasteiger partial charge in [0.05, 0.1) is 39.9 Å². The van der Waals surface area contributed by atoms with Crippen LogP contribution in [0.25, 0.3) is 0 Å². The van der Waals surface area contributed by atoms with E-state index in [-0.39, 0.29) is 18.9 Å². The Hall–Kier alpha value is -2.84. The van der Waals surface area contributed by atoms with E-state index in [1.54, 1.807) is 6.08 Å². The van der Waals surface area contributed by atoms with Gasteiger partial charge in [-0.2, -0.15) is 0 Å². The molecule has 0 radical (unpaired) electrons. The first-order valence-electron chi connectivity index (χ1n) is 19.7. The van der Waals surface area contributed by atoms with E-state index in [0.29, 0.717) is 17.4 Å². The molecule has 3 atom stereocenters. The van der Waals surface area contributed by atoms with Crippen LogP contribution in [0.5, 0.6) is 0 Å². The predicted octanol–water partition coefficient (Wildman–Crippen LogP) is 9.94. The molecule has 0 aliphatic rings. The molecule has 0 aliphatic heterocycles. The number of nitrogens with zero attached hydrogens (tertiary/aromatic N) is 1. The Morgan fingerprint density at radius 3 is 1.58 bits per heavy atom. The van der Waals surface area contributed by atoms with Crippen LogP contribution in [0.1, 0.15) is 110 Å². The molecule has 300 valence electrons. The molecule has 0 heterocycles. The number of nitrogens with one attached hydrogen (secondary N) is 1. The van der Waals surface area contributed by atoms with Gasteiger partial charge in [-0.1, -0.05) is 136 Å². The van der Waals surface area contributed by atoms with Gasteiger partial charge in [0.25, 0.3) is 7.82 Å². The molecule has 1 amide bonds. The highest BCUT2D eigenvalue weighted by Gasteiger charge is 2.23. The third kappa shape index (κ3) is 37.3. The Morgan fingerprint density at radius 2 is 1.13 bits per heavy atom. The maximum atomic E-state index is 12.7. The summed E-state index contributed by atoms with van der Waals surface area (Å²) in [6, 6.07) is -0.913. The van der Waals surface area contributed by atoms with Gasteiger partial charge in [-0.15, -0.1) is 0 Å². The number of amides is 1. The van der Waals surface area contributed by atoms with Crippen LogP contribution in [-0.2, 0) is 18.4 Å². The van der Waals surface area contributed by atoms with Crippen molar-refractivity contribution >= 4 is 13.7 Å². The maximum Gasteiger partial charge on any atom is 0.268 e. The second-order valence-electron chi connectivity index (χ2n) is 13.9. The summed E-state index contributed by atoms with van der Waals surface area (Å²) >= 11 is 0. The highest BCUT2D eigenvalue weighted by molar-refractivity contribution is 7.45. The molecule has 0 aliphatic carbocycles. The number of likely N-dealkylation sites (N-methyl/N-ethyl adjacent to an activating group) is 1. The van der Waals surface area contributed by atoms with E-state index in [1.807, 2.05) is 27.2 Å². The van der Waals surface area contributed by atoms with Crippen molar-refractivity contribution < 1.29 is 32.9 Å². The van der Waals surface area contributed by atoms with Gasteiger partial charge in [0, 0.05) is 6.42 Å². The third-order valence-corrected chi connectivity index (χ3v) is 8.70. The van der Waals surface area contributed by atoms with Gasteiger partial charge in [0.1, 0.15) is 13.2 Å². The van der Waals surface area contributed by atoms with Crippen LogP contribution in [0.2, 0.25) is 0 Å². The van der Waals surface area contributed by atoms with E-state index < -0.39 is 26.6 Å². The zero-order valence-electron chi connectivity index (χ0n) is 33.7. The van der Waals surface area contributed by atoms with Gasteiger partial charge in [-0.3, -0.25) is 9.36 Å². The summed E-state index contributed by atoms with van der Waals surface area (Å²) in [6.45, 7) is 4.28. The van der Waals surface area contributed by atoms with E-state index in [9.17, 15) is 19.4 Å². The fraction of sp³-hybridized carbons (Fsp3) is 0.568. The molecule has 0 saturated carbocycles. The summed E-state index contributed by atoms with van der Waals surface area (Å²) in [4.78, 5) is 24.9. The molecule has 0 bridgehead atoms. The van der Waals surface area contributed by atoms with Gasteiger partial charge in [-0.05, 0) is 77.0 Å². The fourth-order valence-electron chi connectivity index (χ4n) is 4.56. The van der Waals surface area contributed by atoms with E-state index in [0.717, 1.165) is 83.5 Å². The summed E-state index contributed by atoms with van der Waals surface area (Å²) in [6.07, 6.45) is 50.6. The number of allylic oxidation sites excluding steroid dienone is 17. The van der Waals surface area contributed by atoms with Gasteiger partial charge in [0.15, 0.2) is 0 Å². The van der Waals surface area contributed by atoms with E-state index in [4.69, 9.17) is 9.05 Å². The average Bonchev–Trinajstić information content (AvgIpc) is 3.10. The zero-order valence-corrected chi connectivity index (χ0v) is 34.6. The molecule has 53 heavy (non-hydrogen) atoms. The van der Waals surface area contributed by atoms with Crippen LogP contribution in [-0.4, -0.2) is 68.5 Å². The highest BCUT2D eigenvalue weighted by Crippen LogP contribution is 2.38. The number of hydrogen-bond donors (Lipinski definition) is 2. The van der Waals surface area contributed by atoms with Crippen LogP contribution >= 0.6 is 7.82 Å². The third-order valence-electron chi connectivity index (χ3n) is 7.74. The quantitative estimate of drug-likeness (QED) is 0.0299. The molecule has 0 aromatic carbocycles. The fourth-order valence-corrected chi connectivity index (χ4v) is 5.28. The molecule has 8 nitrogen and oxygen atoms in total. The van der Waals surface area contributed by atoms with Crippen LogP contribution in [0.4, 0.5) is 0 Å². The minimum atomic E-state index is -4.59. The van der Waals surface area contributed by atoms with Gasteiger partial charge < -0.3 is 28.8 Å². The number of unbranched alkanes of at least 4 members (excludes halogenated alkanes) is 4. The number of quaternary nitrogens is 1. The van der Waals surface area contributed by atoms with Crippen molar-refractivity contribution in [3.05, 3.63) is 109 Å². The Balaban J connectivity index is 4.24. The van der Waals surface area contributed by atoms with Crippen LogP contribution in [0.3, 0.4) is 0 Å². The van der Waals surface area contributed by atoms with Crippen molar-refractivity contribution in [2.75, 3.05) is 40.9 Å².